The van der Waals surface area contributed by atoms with Gasteiger partial charge in [-0.25, -0.2) is 4.57 Å². The Bertz CT molecular complexity index is 744. The van der Waals surface area contributed by atoms with E-state index in [2.05, 4.69) is 82.8 Å². The van der Waals surface area contributed by atoms with E-state index in [1.165, 1.54) is 34.0 Å². The van der Waals surface area contributed by atoms with E-state index in [-0.39, 0.29) is 0 Å². The van der Waals surface area contributed by atoms with Crippen LogP contribution in [0.4, 0.5) is 5.69 Å². The number of aromatic nitrogens is 1. The van der Waals surface area contributed by atoms with Crippen molar-refractivity contribution in [1.29, 1.82) is 0 Å². The fraction of sp³-hybridized carbons (Fsp3) is 0.500. The maximum absolute atomic E-state index is 8.88. The average Bonchev–Trinajstić information content (AvgIpc) is 2.57. The van der Waals surface area contributed by atoms with Gasteiger partial charge in [0.25, 0.3) is 0 Å². The number of nitrogens with zero attached hydrogens (tertiary/aromatic N) is 2. The maximum atomic E-state index is 8.88. The lowest BCUT2D eigenvalue weighted by Crippen LogP contribution is -2.25. The summed E-state index contributed by atoms with van der Waals surface area (Å²) < 4.78 is 10.1. The van der Waals surface area contributed by atoms with Gasteiger partial charge in [-0.15, -0.1) is 0 Å². The summed E-state index contributed by atoms with van der Waals surface area (Å²) in [4.78, 5) is 28.5. The quantitative estimate of drug-likeness (QED) is 0.317. The molecule has 0 aliphatic carbocycles. The SMILES string of the molecule is CCN(CC)CCCC(C)Nc1ccnc2cc(I)ccc12.O=P(O)(O)O. The van der Waals surface area contributed by atoms with Gasteiger partial charge in [0.05, 0.1) is 5.52 Å². The Hall–Kier alpha value is -0.770. The van der Waals surface area contributed by atoms with Crippen LogP contribution in [-0.4, -0.2) is 50.2 Å². The molecule has 7 nitrogen and oxygen atoms in total. The van der Waals surface area contributed by atoms with Gasteiger partial charge in [-0.1, -0.05) is 13.8 Å². The Morgan fingerprint density at radius 2 is 1.85 bits per heavy atom. The summed E-state index contributed by atoms with van der Waals surface area (Å²) in [5, 5.41) is 4.86. The van der Waals surface area contributed by atoms with Crippen LogP contribution in [0.15, 0.2) is 30.5 Å². The second kappa shape index (κ2) is 11.9. The predicted molar refractivity (Wildman–Crippen MR) is 119 cm³/mol. The first-order valence-corrected chi connectivity index (χ1v) is 11.6. The van der Waals surface area contributed by atoms with Crippen LogP contribution in [0.3, 0.4) is 0 Å². The van der Waals surface area contributed by atoms with Crippen LogP contribution < -0.4 is 5.32 Å². The lowest BCUT2D eigenvalue weighted by molar-refractivity contribution is 0.275. The van der Waals surface area contributed by atoms with Crippen molar-refractivity contribution >= 4 is 47.0 Å². The highest BCUT2D eigenvalue weighted by molar-refractivity contribution is 14.1. The van der Waals surface area contributed by atoms with Gasteiger partial charge in [0.2, 0.25) is 0 Å². The van der Waals surface area contributed by atoms with Gasteiger partial charge in [-0.05, 0) is 86.3 Å². The second-order valence-corrected chi connectivity index (χ2v) is 8.52. The van der Waals surface area contributed by atoms with Crippen molar-refractivity contribution in [3.63, 3.8) is 0 Å². The van der Waals surface area contributed by atoms with E-state index in [0.29, 0.717) is 6.04 Å². The van der Waals surface area contributed by atoms with Crippen LogP contribution in [0.25, 0.3) is 10.9 Å². The summed E-state index contributed by atoms with van der Waals surface area (Å²) in [5.41, 5.74) is 2.25. The molecule has 1 aromatic carbocycles. The molecule has 1 atom stereocenters. The van der Waals surface area contributed by atoms with Crippen molar-refractivity contribution in [2.45, 2.75) is 39.7 Å². The number of halogens is 1. The molecule has 9 heteroatoms. The zero-order valence-corrected chi connectivity index (χ0v) is 19.0. The Morgan fingerprint density at radius 3 is 2.44 bits per heavy atom. The van der Waals surface area contributed by atoms with Crippen molar-refractivity contribution < 1.29 is 19.2 Å². The van der Waals surface area contributed by atoms with Gasteiger partial charge in [0.15, 0.2) is 0 Å². The minimum atomic E-state index is -4.64. The Balaban J connectivity index is 0.000000646. The largest absolute Gasteiger partial charge is 0.466 e. The molecule has 4 N–H and O–H groups in total. The number of hydrogen-bond donors (Lipinski definition) is 4. The molecule has 0 saturated carbocycles. The maximum Gasteiger partial charge on any atom is 0.466 e. The Labute approximate surface area is 174 Å². The number of nitrogens with one attached hydrogen (secondary N) is 1. The average molecular weight is 509 g/mol. The van der Waals surface area contributed by atoms with Crippen LogP contribution in [0.2, 0.25) is 0 Å². The normalized spacial score (nSPS) is 12.6. The van der Waals surface area contributed by atoms with Crippen molar-refractivity contribution in [2.75, 3.05) is 25.0 Å². The Kier molecular flexibility index (Phi) is 10.7. The summed E-state index contributed by atoms with van der Waals surface area (Å²) in [6.45, 7) is 10.2. The van der Waals surface area contributed by atoms with Gasteiger partial charge in [-0.3, -0.25) is 4.98 Å². The second-order valence-electron chi connectivity index (χ2n) is 6.25. The van der Waals surface area contributed by atoms with E-state index in [1.54, 1.807) is 0 Å². The van der Waals surface area contributed by atoms with E-state index in [1.807, 2.05) is 6.20 Å². The smallest absolute Gasteiger partial charge is 0.382 e. The minimum Gasteiger partial charge on any atom is -0.382 e. The summed E-state index contributed by atoms with van der Waals surface area (Å²) in [7, 11) is -4.64. The minimum absolute atomic E-state index is 0.473. The van der Waals surface area contributed by atoms with Crippen molar-refractivity contribution in [1.82, 2.24) is 9.88 Å². The summed E-state index contributed by atoms with van der Waals surface area (Å²) in [5.74, 6) is 0. The molecule has 0 saturated heterocycles. The Morgan fingerprint density at radius 1 is 1.22 bits per heavy atom. The molecule has 0 aliphatic heterocycles. The van der Waals surface area contributed by atoms with Gasteiger partial charge in [0, 0.05) is 26.9 Å². The molecule has 1 aromatic heterocycles. The first-order chi connectivity index (χ1) is 12.6. The highest BCUT2D eigenvalue weighted by atomic mass is 127. The number of fused-ring (bicyclic) bond motifs is 1. The van der Waals surface area contributed by atoms with Crippen LogP contribution in [0.1, 0.15) is 33.6 Å². The number of rotatable bonds is 8. The fourth-order valence-electron chi connectivity index (χ4n) is 2.75. The molecule has 152 valence electrons. The van der Waals surface area contributed by atoms with Gasteiger partial charge in [0.1, 0.15) is 0 Å². The summed E-state index contributed by atoms with van der Waals surface area (Å²) in [6.07, 6.45) is 4.31. The molecule has 27 heavy (non-hydrogen) atoms. The number of hydrogen-bond acceptors (Lipinski definition) is 4. The van der Waals surface area contributed by atoms with Gasteiger partial charge < -0.3 is 24.9 Å². The zero-order chi connectivity index (χ0) is 20.4. The number of phosphoric acid groups is 1. The standard InChI is InChI=1S/C18H26IN3.H3O4P/c1-4-22(5-2)12-6-7-14(3)21-17-10-11-20-18-13-15(19)8-9-16(17)18;1-5(2,3)4/h8-11,13-14H,4-7,12H2,1-3H3,(H,20,21);(H3,1,2,3,4). The molecule has 0 aliphatic rings. The van der Waals surface area contributed by atoms with Gasteiger partial charge in [-0.2, -0.15) is 0 Å². The van der Waals surface area contributed by atoms with Crippen LogP contribution in [0.5, 0.6) is 0 Å². The molecule has 0 bridgehead atoms. The van der Waals surface area contributed by atoms with Gasteiger partial charge >= 0.3 is 7.82 Å². The third-order valence-corrected chi connectivity index (χ3v) is 4.78. The van der Waals surface area contributed by atoms with Crippen LogP contribution >= 0.6 is 30.4 Å². The third kappa shape index (κ3) is 10.4. The van der Waals surface area contributed by atoms with Crippen LogP contribution in [0, 0.1) is 3.57 Å². The molecule has 2 rings (SSSR count). The van der Waals surface area contributed by atoms with Crippen LogP contribution in [-0.2, 0) is 4.57 Å². The molecule has 0 radical (unpaired) electrons. The van der Waals surface area contributed by atoms with E-state index in [4.69, 9.17) is 19.2 Å². The molecular weight excluding hydrogens is 480 g/mol. The van der Waals surface area contributed by atoms with E-state index < -0.39 is 7.82 Å². The zero-order valence-electron chi connectivity index (χ0n) is 16.0. The molecule has 0 spiro atoms. The lowest BCUT2D eigenvalue weighted by atomic mass is 10.1. The molecule has 1 heterocycles. The van der Waals surface area contributed by atoms with Crippen molar-refractivity contribution in [2.24, 2.45) is 0 Å². The first kappa shape index (κ1) is 24.3. The lowest BCUT2D eigenvalue weighted by Gasteiger charge is -2.20. The molecule has 0 fully saturated rings. The topological polar surface area (TPSA) is 106 Å². The molecule has 1 unspecified atom stereocenters. The number of pyridine rings is 1. The highest BCUT2D eigenvalue weighted by Crippen LogP contribution is 2.26. The van der Waals surface area contributed by atoms with Crippen molar-refractivity contribution in [3.8, 4) is 0 Å². The number of benzene rings is 1. The number of anilines is 1. The van der Waals surface area contributed by atoms with E-state index in [0.717, 1.165) is 18.6 Å². The fourth-order valence-corrected chi connectivity index (χ4v) is 3.22. The molecular formula is C18H29IN3O4P. The van der Waals surface area contributed by atoms with E-state index in [9.17, 15) is 0 Å². The summed E-state index contributed by atoms with van der Waals surface area (Å²) in [6, 6.07) is 8.98. The van der Waals surface area contributed by atoms with Crippen molar-refractivity contribution in [3.05, 3.63) is 34.0 Å². The first-order valence-electron chi connectivity index (χ1n) is 8.95. The molecule has 0 amide bonds. The predicted octanol–water partition coefficient (Wildman–Crippen LogP) is 3.83. The summed E-state index contributed by atoms with van der Waals surface area (Å²) >= 11 is 2.33. The monoisotopic (exact) mass is 509 g/mol. The van der Waals surface area contributed by atoms with E-state index >= 15 is 0 Å². The molecule has 2 aromatic rings. The third-order valence-electron chi connectivity index (χ3n) is 4.11. The highest BCUT2D eigenvalue weighted by Gasteiger charge is 2.07.